The molecule has 4 aromatic heterocycles. The second-order valence-electron chi connectivity index (χ2n) is 15.0. The molecular weight excluding hydrogens is 912 g/mol. The van der Waals surface area contributed by atoms with Gasteiger partial charge in [-0.3, -0.25) is 9.59 Å². The van der Waals surface area contributed by atoms with Gasteiger partial charge in [0.05, 0.1) is 13.2 Å². The van der Waals surface area contributed by atoms with Crippen molar-refractivity contribution in [1.82, 2.24) is 39.1 Å². The van der Waals surface area contributed by atoms with Gasteiger partial charge >= 0.3 is 11.9 Å². The van der Waals surface area contributed by atoms with Crippen LogP contribution in [-0.4, -0.2) is 87.7 Å². The van der Waals surface area contributed by atoms with Crippen molar-refractivity contribution in [2.45, 2.75) is 26.9 Å². The number of hydrogen-bond acceptors (Lipinski definition) is 10. The summed E-state index contributed by atoms with van der Waals surface area (Å²) in [5, 5.41) is 39.0. The van der Waals surface area contributed by atoms with Gasteiger partial charge in [0, 0.05) is 50.7 Å². The molecule has 68 heavy (non-hydrogen) atoms. The Hall–Kier alpha value is -8.08. The number of aliphatic carboxylic acids is 2. The van der Waals surface area contributed by atoms with E-state index < -0.39 is 11.9 Å². The first kappa shape index (κ1) is 46.4. The van der Waals surface area contributed by atoms with Gasteiger partial charge in [-0.2, -0.15) is 0 Å². The standard InChI is InChI=1S/C25H21ClN4O4.C24H19ClN4O4.CH4/c26-18-6-9-24(23(15-18)30-27-20-4-1-2-5-21(20)28-30)34-13-3-12-33-19-7-8-22-17(14-19)10-11-29(22)16-25(31)32;25-17-5-8-23(22(14-17)29-26-19-3-1-2-4-20(19)27-29)33-12-11-32-18-6-7-21-16(13-18)9-10-28(21)15-24(30)31;/h1-2,4-11,14-15H,3,12-13,16H2,(H,31,32);1-10,13-14H,11-12,15H2,(H,30,31);1H4. The lowest BCUT2D eigenvalue weighted by Crippen LogP contribution is -2.11. The van der Waals surface area contributed by atoms with Crippen molar-refractivity contribution in [3.05, 3.63) is 156 Å². The summed E-state index contributed by atoms with van der Waals surface area (Å²) < 4.78 is 27.0. The van der Waals surface area contributed by atoms with Crippen LogP contribution >= 0.6 is 23.2 Å². The van der Waals surface area contributed by atoms with E-state index in [4.69, 9.17) is 52.4 Å². The van der Waals surface area contributed by atoms with Crippen molar-refractivity contribution in [3.63, 3.8) is 0 Å². The summed E-state index contributed by atoms with van der Waals surface area (Å²) >= 11 is 12.4. The van der Waals surface area contributed by atoms with Gasteiger partial charge in [-0.25, -0.2) is 0 Å². The number of halogens is 2. The van der Waals surface area contributed by atoms with Gasteiger partial charge in [-0.1, -0.05) is 54.9 Å². The van der Waals surface area contributed by atoms with Crippen molar-refractivity contribution in [2.75, 3.05) is 26.4 Å². The van der Waals surface area contributed by atoms with Gasteiger partial charge in [0.1, 0.15) is 82.7 Å². The molecule has 0 atom stereocenters. The number of carboxylic acid groups (broad SMARTS) is 2. The van der Waals surface area contributed by atoms with Crippen LogP contribution in [0.15, 0.2) is 146 Å². The summed E-state index contributed by atoms with van der Waals surface area (Å²) in [6.45, 7) is 1.37. The van der Waals surface area contributed by atoms with Crippen LogP contribution in [0.5, 0.6) is 23.0 Å². The highest BCUT2D eigenvalue weighted by atomic mass is 35.5. The molecule has 16 nitrogen and oxygen atoms in total. The van der Waals surface area contributed by atoms with Crippen LogP contribution in [0.4, 0.5) is 0 Å². The number of rotatable bonds is 17. The van der Waals surface area contributed by atoms with E-state index >= 15 is 0 Å². The number of carbonyl (C=O) groups is 2. The van der Waals surface area contributed by atoms with Gasteiger partial charge < -0.3 is 38.3 Å². The number of hydrogen-bond donors (Lipinski definition) is 2. The van der Waals surface area contributed by atoms with Crippen LogP contribution in [0, 0.1) is 0 Å². The summed E-state index contributed by atoms with van der Waals surface area (Å²) in [4.78, 5) is 25.0. The normalized spacial score (nSPS) is 11.0. The highest BCUT2D eigenvalue weighted by Crippen LogP contribution is 2.29. The minimum absolute atomic E-state index is 0. The molecule has 0 fully saturated rings. The van der Waals surface area contributed by atoms with Gasteiger partial charge in [-0.05, 0) is 109 Å². The topological polar surface area (TPSA) is 183 Å². The maximum absolute atomic E-state index is 11.0. The van der Waals surface area contributed by atoms with E-state index in [1.165, 1.54) is 9.59 Å². The Labute approximate surface area is 399 Å². The Kier molecular flexibility index (Phi) is 14.4. The third kappa shape index (κ3) is 10.9. The summed E-state index contributed by atoms with van der Waals surface area (Å²) in [5.74, 6) is 0.856. The molecule has 0 unspecified atom stereocenters. The van der Waals surface area contributed by atoms with Crippen molar-refractivity contribution in [3.8, 4) is 34.4 Å². The largest absolute Gasteiger partial charge is 0.493 e. The monoisotopic (exact) mass is 954 g/mol. The lowest BCUT2D eigenvalue weighted by Gasteiger charge is -2.12. The van der Waals surface area contributed by atoms with E-state index in [0.717, 1.165) is 49.6 Å². The van der Waals surface area contributed by atoms with E-state index in [1.54, 1.807) is 51.9 Å². The first-order chi connectivity index (χ1) is 32.6. The van der Waals surface area contributed by atoms with E-state index in [2.05, 4.69) is 20.4 Å². The highest BCUT2D eigenvalue weighted by molar-refractivity contribution is 6.31. The van der Waals surface area contributed by atoms with Crippen molar-refractivity contribution < 1.29 is 38.7 Å². The third-order valence-electron chi connectivity index (χ3n) is 10.4. The molecule has 0 spiro atoms. The highest BCUT2D eigenvalue weighted by Gasteiger charge is 2.14. The zero-order chi connectivity index (χ0) is 46.3. The maximum Gasteiger partial charge on any atom is 0.323 e. The molecule has 2 N–H and O–H groups in total. The molecular formula is C50H44Cl2N8O8. The molecule has 0 aliphatic carbocycles. The van der Waals surface area contributed by atoms with Crippen LogP contribution in [0.1, 0.15) is 13.8 Å². The Bertz CT molecular complexity index is 3320. The molecule has 0 amide bonds. The molecule has 18 heteroatoms. The molecule has 10 aromatic rings. The molecule has 0 saturated carbocycles. The zero-order valence-corrected chi connectivity index (χ0v) is 37.0. The molecule has 0 bridgehead atoms. The molecule has 6 aromatic carbocycles. The Morgan fingerprint density at radius 3 is 1.32 bits per heavy atom. The number of benzene rings is 6. The lowest BCUT2D eigenvalue weighted by molar-refractivity contribution is -0.138. The summed E-state index contributed by atoms with van der Waals surface area (Å²) in [6, 6.07) is 40.8. The van der Waals surface area contributed by atoms with Gasteiger partial charge in [0.15, 0.2) is 0 Å². The predicted octanol–water partition coefficient (Wildman–Crippen LogP) is 10.2. The van der Waals surface area contributed by atoms with E-state index in [0.29, 0.717) is 71.5 Å². The summed E-state index contributed by atoms with van der Waals surface area (Å²) in [6.07, 6.45) is 4.17. The fourth-order valence-electron chi connectivity index (χ4n) is 7.32. The van der Waals surface area contributed by atoms with Gasteiger partial charge in [-0.15, -0.1) is 30.0 Å². The molecule has 4 heterocycles. The SMILES string of the molecule is C.O=C(O)Cn1ccc2cc(OCCCOc3ccc(Cl)cc3-n3nc4ccccc4n3)ccc21.O=C(O)Cn1ccc2cc(OCCOc3ccc(Cl)cc3-n3nc4ccccc4n3)ccc21. The van der Waals surface area contributed by atoms with Crippen LogP contribution in [0.2, 0.25) is 10.0 Å². The van der Waals surface area contributed by atoms with Crippen LogP contribution < -0.4 is 18.9 Å². The Morgan fingerprint density at radius 2 is 0.882 bits per heavy atom. The minimum atomic E-state index is -0.884. The third-order valence-corrected chi connectivity index (χ3v) is 10.8. The first-order valence-corrected chi connectivity index (χ1v) is 21.8. The van der Waals surface area contributed by atoms with Crippen LogP contribution in [-0.2, 0) is 22.7 Å². The van der Waals surface area contributed by atoms with Crippen LogP contribution in [0.25, 0.3) is 55.2 Å². The smallest absolute Gasteiger partial charge is 0.323 e. The average molecular weight is 956 g/mol. The molecule has 10 rings (SSSR count). The van der Waals surface area contributed by atoms with E-state index in [-0.39, 0.29) is 20.5 Å². The quantitative estimate of drug-likeness (QED) is 0.0825. The number of nitrogens with zero attached hydrogens (tertiary/aromatic N) is 8. The Morgan fingerprint density at radius 1 is 0.485 bits per heavy atom. The maximum atomic E-state index is 11.0. The summed E-state index contributed by atoms with van der Waals surface area (Å²) in [5.41, 5.74) is 6.13. The minimum Gasteiger partial charge on any atom is -0.493 e. The van der Waals surface area contributed by atoms with E-state index in [1.807, 2.05) is 103 Å². The van der Waals surface area contributed by atoms with Crippen molar-refractivity contribution in [1.29, 1.82) is 0 Å². The molecule has 0 radical (unpaired) electrons. The fourth-order valence-corrected chi connectivity index (χ4v) is 7.65. The number of carboxylic acids is 2. The fraction of sp³-hybridized carbons (Fsp3) is 0.160. The van der Waals surface area contributed by atoms with Gasteiger partial charge in [0.25, 0.3) is 0 Å². The Balaban J connectivity index is 0.000000181. The average Bonchev–Trinajstić information content (AvgIpc) is 4.13. The molecule has 346 valence electrons. The zero-order valence-electron chi connectivity index (χ0n) is 35.5. The molecule has 0 aliphatic rings. The number of ether oxygens (including phenoxy) is 4. The second kappa shape index (κ2) is 21.0. The number of aromatic nitrogens is 8. The summed E-state index contributed by atoms with van der Waals surface area (Å²) in [7, 11) is 0. The lowest BCUT2D eigenvalue weighted by atomic mass is 10.2. The van der Waals surface area contributed by atoms with E-state index in [9.17, 15) is 9.59 Å². The first-order valence-electron chi connectivity index (χ1n) is 21.0. The van der Waals surface area contributed by atoms with Gasteiger partial charge in [0.2, 0.25) is 0 Å². The van der Waals surface area contributed by atoms with Crippen LogP contribution in [0.3, 0.4) is 0 Å². The predicted molar refractivity (Wildman–Crippen MR) is 260 cm³/mol. The van der Waals surface area contributed by atoms with Crippen molar-refractivity contribution >= 4 is 79.0 Å². The molecule has 0 saturated heterocycles. The molecule has 0 aliphatic heterocycles. The van der Waals surface area contributed by atoms with Crippen molar-refractivity contribution in [2.24, 2.45) is 0 Å². The number of fused-ring (bicyclic) bond motifs is 4. The second-order valence-corrected chi connectivity index (χ2v) is 15.9.